The molecule has 2 N–H and O–H groups in total. The minimum atomic E-state index is -3.75. The monoisotopic (exact) mass is 1070 g/mol. The van der Waals surface area contributed by atoms with E-state index in [-0.39, 0.29) is 59.6 Å². The van der Waals surface area contributed by atoms with E-state index in [0.717, 1.165) is 75.6 Å². The number of anilines is 1. The van der Waals surface area contributed by atoms with Gasteiger partial charge in [-0.15, -0.1) is 20.1 Å². The molecule has 0 bridgehead atoms. The van der Waals surface area contributed by atoms with Crippen LogP contribution in [0, 0.1) is 25.7 Å². The number of carbonyl (C=O) groups is 4. The van der Waals surface area contributed by atoms with E-state index in [1.54, 1.807) is 41.7 Å². The number of hydrogen-bond donors (Lipinski definition) is 2. The van der Waals surface area contributed by atoms with Crippen molar-refractivity contribution in [1.82, 2.24) is 39.8 Å². The van der Waals surface area contributed by atoms with Gasteiger partial charge in [-0.1, -0.05) is 35.9 Å². The maximum atomic E-state index is 13.7. The second kappa shape index (κ2) is 19.5. The molecule has 3 unspecified atom stereocenters. The molecular weight excluding hydrogens is 1010 g/mol. The maximum absolute atomic E-state index is 13.7. The molecule has 3 atom stereocenters. The van der Waals surface area contributed by atoms with Crippen molar-refractivity contribution in [3.05, 3.63) is 141 Å². The Morgan fingerprint density at radius 1 is 0.895 bits per heavy atom. The number of alkyl halides is 2. The predicted octanol–water partition coefficient (Wildman–Crippen LogP) is 9.52. The first-order valence-electron chi connectivity index (χ1n) is 25.7. The maximum Gasteiger partial charge on any atom is 0.586 e. The standard InChI is InChI=1S/C57H54ClF2N9O6S/c1-32-8-11-49(65-55(73)56(13-14-56)38-9-10-47-48(22-38)75-57(59,60)74-47)64-50(32)36-6-4-7-37(21-36)52(70)62-15-5-17-68-29-35(26-63-68)28-66-18-19-67(34(3)27-66)31-45-33(2)20-39(58)23-42(45)41-12-16-61-46-24-40(76-51(41)46)30-69-53(71)43-25-44(43)54(69)72/h4,6-12,16,20-24,26,29,34,43-44H,5,13-15,17-19,25,27-28,30-31H2,1-3H3,(H,62,70)(H,64,65,73). The summed E-state index contributed by atoms with van der Waals surface area (Å²) in [6.45, 7) is 11.9. The second-order valence-electron chi connectivity index (χ2n) is 20.8. The third kappa shape index (κ3) is 9.71. The molecule has 4 amide bonds. The van der Waals surface area contributed by atoms with E-state index < -0.39 is 11.7 Å². The smallest absolute Gasteiger partial charge is 0.395 e. The summed E-state index contributed by atoms with van der Waals surface area (Å²) in [4.78, 5) is 69.4. The lowest BCUT2D eigenvalue weighted by Gasteiger charge is -2.40. The average molecular weight is 1070 g/mol. The van der Waals surface area contributed by atoms with E-state index in [1.807, 2.05) is 60.4 Å². The highest BCUT2D eigenvalue weighted by Gasteiger charge is 2.59. The molecule has 3 aliphatic heterocycles. The molecule has 76 heavy (non-hydrogen) atoms. The molecule has 4 fully saturated rings. The zero-order chi connectivity index (χ0) is 52.6. The summed E-state index contributed by atoms with van der Waals surface area (Å²) < 4.78 is 39.5. The number of thiophene rings is 1. The summed E-state index contributed by atoms with van der Waals surface area (Å²) in [6.07, 6.45) is 4.52. The highest BCUT2D eigenvalue weighted by Crippen LogP contribution is 2.53. The number of benzene rings is 3. The number of carbonyl (C=O) groups excluding carboxylic acids is 4. The number of piperazine rings is 1. The van der Waals surface area contributed by atoms with Gasteiger partial charge in [-0.25, -0.2) is 4.98 Å². The quantitative estimate of drug-likeness (QED) is 0.0700. The van der Waals surface area contributed by atoms with Gasteiger partial charge in [-0.05, 0) is 129 Å². The van der Waals surface area contributed by atoms with Gasteiger partial charge in [0.05, 0.1) is 45.9 Å². The van der Waals surface area contributed by atoms with Crippen molar-refractivity contribution in [2.45, 2.75) is 90.4 Å². The molecule has 2 saturated carbocycles. The van der Waals surface area contributed by atoms with E-state index in [1.165, 1.54) is 22.6 Å². The summed E-state index contributed by atoms with van der Waals surface area (Å²) >= 11 is 8.33. The normalized spacial score (nSPS) is 20.3. The van der Waals surface area contributed by atoms with Crippen LogP contribution in [0.25, 0.3) is 32.6 Å². The molecule has 12 rings (SSSR count). The van der Waals surface area contributed by atoms with Crippen LogP contribution in [-0.2, 0) is 46.0 Å². The van der Waals surface area contributed by atoms with Crippen LogP contribution in [0.4, 0.5) is 14.6 Å². The number of imide groups is 1. The lowest BCUT2D eigenvalue weighted by atomic mass is 9.94. The van der Waals surface area contributed by atoms with Crippen molar-refractivity contribution >= 4 is 62.6 Å². The number of ether oxygens (including phenoxy) is 2. The Morgan fingerprint density at radius 2 is 1.71 bits per heavy atom. The number of rotatable bonds is 16. The molecule has 7 heterocycles. The van der Waals surface area contributed by atoms with E-state index in [0.29, 0.717) is 72.0 Å². The number of nitrogens with one attached hydrogen (secondary N) is 2. The third-order valence-corrected chi connectivity index (χ3v) is 16.9. The van der Waals surface area contributed by atoms with Crippen LogP contribution in [0.15, 0.2) is 97.5 Å². The van der Waals surface area contributed by atoms with E-state index >= 15 is 0 Å². The van der Waals surface area contributed by atoms with Crippen molar-refractivity contribution in [1.29, 1.82) is 0 Å². The summed E-state index contributed by atoms with van der Waals surface area (Å²) in [5.41, 5.74) is 8.73. The Morgan fingerprint density at radius 3 is 2.51 bits per heavy atom. The number of pyridine rings is 2. The fraction of sp³-hybridized carbons (Fsp3) is 0.351. The van der Waals surface area contributed by atoms with E-state index in [9.17, 15) is 28.0 Å². The van der Waals surface area contributed by atoms with Gasteiger partial charge in [-0.2, -0.15) is 5.10 Å². The topological polar surface area (TPSA) is 164 Å². The molecule has 15 nitrogen and oxygen atoms in total. The molecule has 0 radical (unpaired) electrons. The van der Waals surface area contributed by atoms with Gasteiger partial charge in [-0.3, -0.25) is 43.5 Å². The number of piperidine rings is 1. The summed E-state index contributed by atoms with van der Waals surface area (Å²) in [5.74, 6) is -0.718. The Labute approximate surface area is 446 Å². The van der Waals surface area contributed by atoms with Crippen LogP contribution >= 0.6 is 22.9 Å². The SMILES string of the molecule is Cc1ccc(NC(=O)C2(c3ccc4c(c3)OC(F)(F)O4)CC2)nc1-c1cccc(C(=O)NCCCn2cc(CN3CCN(Cc4c(C)cc(Cl)cc4-c4ccnc5cc(CN6C(=O)C7CC7C6=O)sc45)C(C)C3)cn2)c1. The first-order chi connectivity index (χ1) is 36.6. The number of hydrogen-bond acceptors (Lipinski definition) is 12. The number of aryl methyl sites for hydroxylation is 3. The van der Waals surface area contributed by atoms with Gasteiger partial charge in [0, 0.05) is 96.4 Å². The number of aromatic nitrogens is 4. The number of likely N-dealkylation sites (tertiary alicyclic amines) is 1. The van der Waals surface area contributed by atoms with Crippen molar-refractivity contribution in [2.75, 3.05) is 31.5 Å². The summed E-state index contributed by atoms with van der Waals surface area (Å²) in [6, 6.07) is 23.6. The van der Waals surface area contributed by atoms with E-state index in [2.05, 4.69) is 60.0 Å². The van der Waals surface area contributed by atoms with Crippen LogP contribution in [-0.4, -0.2) is 96.6 Å². The zero-order valence-electron chi connectivity index (χ0n) is 42.1. The lowest BCUT2D eigenvalue weighted by Crippen LogP contribution is -2.51. The van der Waals surface area contributed by atoms with Gasteiger partial charge in [0.25, 0.3) is 5.91 Å². The minimum Gasteiger partial charge on any atom is -0.395 e. The molecule has 5 aliphatic rings. The Kier molecular flexibility index (Phi) is 12.7. The number of halogens is 3. The first kappa shape index (κ1) is 49.7. The third-order valence-electron chi connectivity index (χ3n) is 15.5. The molecule has 2 aliphatic carbocycles. The van der Waals surface area contributed by atoms with Gasteiger partial charge in [0.1, 0.15) is 5.82 Å². The van der Waals surface area contributed by atoms with Crippen molar-refractivity contribution in [2.24, 2.45) is 11.8 Å². The molecule has 19 heteroatoms. The highest BCUT2D eigenvalue weighted by atomic mass is 35.5. The number of nitrogens with zero attached hydrogens (tertiary/aromatic N) is 7. The van der Waals surface area contributed by atoms with Crippen LogP contribution in [0.1, 0.15) is 75.7 Å². The van der Waals surface area contributed by atoms with Crippen LogP contribution < -0.4 is 20.1 Å². The van der Waals surface area contributed by atoms with Crippen molar-refractivity contribution in [3.8, 4) is 33.9 Å². The van der Waals surface area contributed by atoms with Gasteiger partial charge < -0.3 is 20.1 Å². The van der Waals surface area contributed by atoms with Crippen molar-refractivity contribution < 1.29 is 37.4 Å². The van der Waals surface area contributed by atoms with Gasteiger partial charge in [0.2, 0.25) is 17.7 Å². The highest BCUT2D eigenvalue weighted by molar-refractivity contribution is 7.19. The van der Waals surface area contributed by atoms with Crippen LogP contribution in [0.5, 0.6) is 11.5 Å². The first-order valence-corrected chi connectivity index (χ1v) is 26.9. The molecule has 2 saturated heterocycles. The fourth-order valence-electron chi connectivity index (χ4n) is 11.1. The summed E-state index contributed by atoms with van der Waals surface area (Å²) in [7, 11) is 0. The number of amides is 4. The van der Waals surface area contributed by atoms with Gasteiger partial charge >= 0.3 is 6.29 Å². The Hall–Kier alpha value is -7.12. The molecule has 7 aromatic rings. The predicted molar refractivity (Wildman–Crippen MR) is 283 cm³/mol. The minimum absolute atomic E-state index is 0.0515. The molecule has 390 valence electrons. The average Bonchev–Trinajstić information content (AvgIpc) is 4.24. The fourth-order valence-corrected chi connectivity index (χ4v) is 12.5. The zero-order valence-corrected chi connectivity index (χ0v) is 43.6. The summed E-state index contributed by atoms with van der Waals surface area (Å²) in [5, 5.41) is 11.3. The Balaban J connectivity index is 0.622. The van der Waals surface area contributed by atoms with Gasteiger partial charge in [0.15, 0.2) is 11.5 Å². The lowest BCUT2D eigenvalue weighted by molar-refractivity contribution is -0.286. The molecular formula is C57H54ClF2N9O6S. The van der Waals surface area contributed by atoms with E-state index in [4.69, 9.17) is 16.6 Å². The van der Waals surface area contributed by atoms with Crippen molar-refractivity contribution in [3.63, 3.8) is 0 Å². The Bertz CT molecular complexity index is 3490. The molecule has 0 spiro atoms. The van der Waals surface area contributed by atoms with Crippen LogP contribution in [0.3, 0.4) is 0 Å². The van der Waals surface area contributed by atoms with Crippen LogP contribution in [0.2, 0.25) is 5.02 Å². The second-order valence-corrected chi connectivity index (χ2v) is 22.4. The number of fused-ring (bicyclic) bond motifs is 3. The largest absolute Gasteiger partial charge is 0.586 e. The molecule has 3 aromatic carbocycles. The molecule has 4 aromatic heterocycles.